The number of ether oxygens (including phenoxy) is 1. The molecule has 1 aromatic carbocycles. The second-order valence-corrected chi connectivity index (χ2v) is 8.71. The summed E-state index contributed by atoms with van der Waals surface area (Å²) < 4.78 is 7.73. The third-order valence-electron chi connectivity index (χ3n) is 5.83. The van der Waals surface area contributed by atoms with Crippen molar-refractivity contribution < 1.29 is 9.84 Å². The van der Waals surface area contributed by atoms with Gasteiger partial charge in [-0.25, -0.2) is 14.5 Å². The molecule has 5 rings (SSSR count). The van der Waals surface area contributed by atoms with E-state index in [1.54, 1.807) is 7.05 Å². The third-order valence-corrected chi connectivity index (χ3v) is 5.83. The Labute approximate surface area is 197 Å². The average Bonchev–Trinajstić information content (AvgIpc) is 3.49. The first kappa shape index (κ1) is 22.1. The summed E-state index contributed by atoms with van der Waals surface area (Å²) in [6.45, 7) is 4.97. The van der Waals surface area contributed by atoms with Gasteiger partial charge in [-0.2, -0.15) is 5.10 Å². The number of aromatic amines is 1. The van der Waals surface area contributed by atoms with Gasteiger partial charge in [-0.1, -0.05) is 26.0 Å². The Morgan fingerprint density at radius 2 is 2.00 bits per heavy atom. The van der Waals surface area contributed by atoms with Gasteiger partial charge in [0.1, 0.15) is 24.1 Å². The average molecular weight is 457 g/mol. The molecule has 0 radical (unpaired) electrons. The molecule has 4 aromatic heterocycles. The molecule has 0 aliphatic rings. The van der Waals surface area contributed by atoms with Crippen LogP contribution in [-0.2, 0) is 0 Å². The van der Waals surface area contributed by atoms with Crippen molar-refractivity contribution in [2.75, 3.05) is 20.2 Å². The summed E-state index contributed by atoms with van der Waals surface area (Å²) >= 11 is 0. The summed E-state index contributed by atoms with van der Waals surface area (Å²) in [6, 6.07) is 14.0. The van der Waals surface area contributed by atoms with Gasteiger partial charge in [-0.15, -0.1) is 0 Å². The highest BCUT2D eigenvalue weighted by Crippen LogP contribution is 2.31. The van der Waals surface area contributed by atoms with E-state index in [2.05, 4.69) is 40.3 Å². The van der Waals surface area contributed by atoms with Gasteiger partial charge < -0.3 is 20.1 Å². The second-order valence-electron chi connectivity index (χ2n) is 8.71. The molecule has 1 unspecified atom stereocenters. The highest BCUT2D eigenvalue weighted by atomic mass is 16.5. The molecule has 0 amide bonds. The van der Waals surface area contributed by atoms with Crippen molar-refractivity contribution in [3.05, 3.63) is 66.6 Å². The van der Waals surface area contributed by atoms with E-state index in [0.717, 1.165) is 44.8 Å². The molecular formula is C26H28N6O2. The largest absolute Gasteiger partial charge is 0.491 e. The van der Waals surface area contributed by atoms with E-state index in [0.29, 0.717) is 12.3 Å². The van der Waals surface area contributed by atoms with Gasteiger partial charge in [0, 0.05) is 41.0 Å². The number of hydrogen-bond donors (Lipinski definition) is 3. The summed E-state index contributed by atoms with van der Waals surface area (Å²) in [5, 5.41) is 18.6. The van der Waals surface area contributed by atoms with Crippen LogP contribution in [0.1, 0.15) is 25.3 Å². The fraction of sp³-hybridized carbons (Fsp3) is 0.269. The van der Waals surface area contributed by atoms with Gasteiger partial charge in [-0.3, -0.25) is 0 Å². The molecule has 174 valence electrons. The number of H-pyrrole nitrogens is 1. The summed E-state index contributed by atoms with van der Waals surface area (Å²) in [7, 11) is 1.80. The number of benzene rings is 1. The van der Waals surface area contributed by atoms with Gasteiger partial charge in [0.25, 0.3) is 0 Å². The maximum absolute atomic E-state index is 10.00. The Bertz CT molecular complexity index is 1440. The van der Waals surface area contributed by atoms with Gasteiger partial charge in [-0.05, 0) is 43.3 Å². The van der Waals surface area contributed by atoms with Gasteiger partial charge >= 0.3 is 0 Å². The van der Waals surface area contributed by atoms with Crippen LogP contribution in [0.2, 0.25) is 0 Å². The number of aliphatic hydroxyl groups excluding tert-OH is 1. The zero-order chi connectivity index (χ0) is 23.7. The number of aromatic nitrogens is 5. The third kappa shape index (κ3) is 4.25. The maximum atomic E-state index is 10.00. The van der Waals surface area contributed by atoms with Crippen molar-refractivity contribution in [3.8, 4) is 28.3 Å². The van der Waals surface area contributed by atoms with E-state index in [4.69, 9.17) is 9.72 Å². The van der Waals surface area contributed by atoms with Crippen molar-refractivity contribution in [3.63, 3.8) is 0 Å². The first-order chi connectivity index (χ1) is 16.5. The normalized spacial score (nSPS) is 12.6. The monoisotopic (exact) mass is 456 g/mol. The Morgan fingerprint density at radius 1 is 1.12 bits per heavy atom. The van der Waals surface area contributed by atoms with Gasteiger partial charge in [0.15, 0.2) is 5.65 Å². The van der Waals surface area contributed by atoms with E-state index in [9.17, 15) is 5.11 Å². The minimum Gasteiger partial charge on any atom is -0.491 e. The van der Waals surface area contributed by atoms with E-state index in [1.165, 1.54) is 0 Å². The Hall–Kier alpha value is -3.75. The van der Waals surface area contributed by atoms with Crippen molar-refractivity contribution in [2.45, 2.75) is 25.9 Å². The van der Waals surface area contributed by atoms with Crippen LogP contribution in [0.3, 0.4) is 0 Å². The molecule has 0 saturated carbocycles. The van der Waals surface area contributed by atoms with Crippen molar-refractivity contribution in [2.24, 2.45) is 0 Å². The molecular weight excluding hydrogens is 428 g/mol. The van der Waals surface area contributed by atoms with Gasteiger partial charge in [0.2, 0.25) is 0 Å². The van der Waals surface area contributed by atoms with E-state index >= 15 is 0 Å². The lowest BCUT2D eigenvalue weighted by atomic mass is 10.1. The zero-order valence-electron chi connectivity index (χ0n) is 19.5. The van der Waals surface area contributed by atoms with Crippen molar-refractivity contribution >= 4 is 16.7 Å². The van der Waals surface area contributed by atoms with Crippen LogP contribution in [-0.4, -0.2) is 56.0 Å². The molecule has 3 N–H and O–H groups in total. The van der Waals surface area contributed by atoms with E-state index in [1.807, 2.05) is 59.5 Å². The Kier molecular flexibility index (Phi) is 6.00. The highest BCUT2D eigenvalue weighted by Gasteiger charge is 2.17. The molecule has 0 saturated heterocycles. The maximum Gasteiger partial charge on any atom is 0.159 e. The number of pyridine rings is 1. The SMILES string of the molecule is CNCC(O)COc1cccc(-c2cc(-c3cnc4[nH]ccc4c3)nc3c(C(C)C)cnn23)c1. The minimum absolute atomic E-state index is 0.211. The fourth-order valence-corrected chi connectivity index (χ4v) is 4.05. The highest BCUT2D eigenvalue weighted by molar-refractivity contribution is 5.82. The fourth-order valence-electron chi connectivity index (χ4n) is 4.05. The molecule has 8 nitrogen and oxygen atoms in total. The molecule has 0 aliphatic carbocycles. The van der Waals surface area contributed by atoms with E-state index in [-0.39, 0.29) is 12.5 Å². The Balaban J connectivity index is 1.61. The Morgan fingerprint density at radius 3 is 2.82 bits per heavy atom. The molecule has 0 bridgehead atoms. The number of nitrogens with one attached hydrogen (secondary N) is 2. The zero-order valence-corrected chi connectivity index (χ0v) is 19.5. The van der Waals surface area contributed by atoms with Crippen LogP contribution in [0.5, 0.6) is 5.75 Å². The smallest absolute Gasteiger partial charge is 0.159 e. The van der Waals surface area contributed by atoms with Crippen LogP contribution in [0, 0.1) is 0 Å². The number of fused-ring (bicyclic) bond motifs is 2. The second kappa shape index (κ2) is 9.24. The number of hydrogen-bond acceptors (Lipinski definition) is 6. The lowest BCUT2D eigenvalue weighted by molar-refractivity contribution is 0.108. The quantitative estimate of drug-likeness (QED) is 0.326. The molecule has 1 atom stereocenters. The lowest BCUT2D eigenvalue weighted by Crippen LogP contribution is -2.29. The molecule has 4 heterocycles. The van der Waals surface area contributed by atoms with Gasteiger partial charge in [0.05, 0.1) is 17.6 Å². The van der Waals surface area contributed by atoms with Crippen LogP contribution in [0.4, 0.5) is 0 Å². The topological polar surface area (TPSA) is 100 Å². The molecule has 0 aliphatic heterocycles. The number of rotatable bonds is 8. The molecule has 5 aromatic rings. The van der Waals surface area contributed by atoms with E-state index < -0.39 is 6.10 Å². The lowest BCUT2D eigenvalue weighted by Gasteiger charge is -2.14. The predicted octanol–water partition coefficient (Wildman–Crippen LogP) is 4.02. The minimum atomic E-state index is -0.580. The van der Waals surface area contributed by atoms with Crippen LogP contribution in [0.15, 0.2) is 61.1 Å². The summed E-state index contributed by atoms with van der Waals surface area (Å²) in [5.41, 5.74) is 6.38. The first-order valence-corrected chi connectivity index (χ1v) is 11.4. The van der Waals surface area contributed by atoms with Crippen molar-refractivity contribution in [1.29, 1.82) is 0 Å². The summed E-state index contributed by atoms with van der Waals surface area (Å²) in [5.74, 6) is 0.965. The molecule has 34 heavy (non-hydrogen) atoms. The molecule has 0 spiro atoms. The van der Waals surface area contributed by atoms with Crippen LogP contribution < -0.4 is 10.1 Å². The first-order valence-electron chi connectivity index (χ1n) is 11.4. The molecule has 8 heteroatoms. The van der Waals surface area contributed by atoms with Crippen LogP contribution in [0.25, 0.3) is 39.2 Å². The van der Waals surface area contributed by atoms with Crippen molar-refractivity contribution in [1.82, 2.24) is 29.9 Å². The number of aliphatic hydroxyl groups is 1. The summed E-state index contributed by atoms with van der Waals surface area (Å²) in [4.78, 5) is 12.7. The number of nitrogens with zero attached hydrogens (tertiary/aromatic N) is 4. The standard InChI is InChI=1S/C26H28N6O2/c1-16(2)22-14-30-32-24(17-5-4-6-21(10-17)34-15-20(33)13-27-3)11-23(31-26(22)32)19-9-18-7-8-28-25(18)29-12-19/h4-12,14,16,20,27,33H,13,15H2,1-3H3,(H,28,29). The van der Waals surface area contributed by atoms with Crippen LogP contribution >= 0.6 is 0 Å². The predicted molar refractivity (Wildman–Crippen MR) is 133 cm³/mol. The summed E-state index contributed by atoms with van der Waals surface area (Å²) in [6.07, 6.45) is 5.04. The molecule has 0 fully saturated rings. The number of likely N-dealkylation sites (N-methyl/N-ethyl adjacent to an activating group) is 1.